The number of hydrogen-bond acceptors (Lipinski definition) is 4. The van der Waals surface area contributed by atoms with Crippen molar-refractivity contribution in [2.75, 3.05) is 0 Å². The van der Waals surface area contributed by atoms with Crippen LogP contribution in [-0.4, -0.2) is 21.0 Å². The lowest BCUT2D eigenvalue weighted by Crippen LogP contribution is -1.99. The van der Waals surface area contributed by atoms with Gasteiger partial charge >= 0.3 is 5.97 Å². The Morgan fingerprint density at radius 3 is 2.39 bits per heavy atom. The fourth-order valence-corrected chi connectivity index (χ4v) is 2.85. The first-order valence-electron chi connectivity index (χ1n) is 5.59. The Morgan fingerprint density at radius 2 is 1.83 bits per heavy atom. The lowest BCUT2D eigenvalue weighted by atomic mass is 10.2. The molecule has 5 heteroatoms. The Morgan fingerprint density at radius 1 is 1.22 bits per heavy atom. The molecule has 2 heterocycles. The van der Waals surface area contributed by atoms with Crippen LogP contribution in [0.4, 0.5) is 0 Å². The molecule has 18 heavy (non-hydrogen) atoms. The van der Waals surface area contributed by atoms with Gasteiger partial charge < -0.3 is 5.11 Å². The van der Waals surface area contributed by atoms with Crippen LogP contribution in [0.1, 0.15) is 22.0 Å². The monoisotopic (exact) mass is 262 g/mol. The van der Waals surface area contributed by atoms with Gasteiger partial charge in [-0.1, -0.05) is 0 Å². The first kappa shape index (κ1) is 12.7. The largest absolute Gasteiger partial charge is 0.481 e. The van der Waals surface area contributed by atoms with E-state index in [9.17, 15) is 4.79 Å². The van der Waals surface area contributed by atoms with Crippen molar-refractivity contribution >= 4 is 17.3 Å². The Bertz CT molecular complexity index is 585. The fraction of sp³-hybridized carbons (Fsp3) is 0.308. The summed E-state index contributed by atoms with van der Waals surface area (Å²) in [5, 5.41) is 9.69. The number of pyridine rings is 1. The highest BCUT2D eigenvalue weighted by Gasteiger charge is 2.12. The quantitative estimate of drug-likeness (QED) is 0.923. The third-order valence-electron chi connectivity index (χ3n) is 2.53. The smallest absolute Gasteiger partial charge is 0.308 e. The second-order valence-corrected chi connectivity index (χ2v) is 5.32. The molecule has 0 radical (unpaired) electrons. The molecule has 0 atom stereocenters. The van der Waals surface area contributed by atoms with Crippen molar-refractivity contribution < 1.29 is 9.90 Å². The number of carboxylic acids is 1. The maximum absolute atomic E-state index is 10.7. The van der Waals surface area contributed by atoms with Gasteiger partial charge in [-0.15, -0.1) is 11.3 Å². The van der Waals surface area contributed by atoms with E-state index >= 15 is 0 Å². The van der Waals surface area contributed by atoms with Gasteiger partial charge in [-0.05, 0) is 32.9 Å². The lowest BCUT2D eigenvalue weighted by molar-refractivity contribution is -0.136. The molecule has 94 valence electrons. The van der Waals surface area contributed by atoms with Crippen LogP contribution < -0.4 is 0 Å². The molecule has 0 amide bonds. The fourth-order valence-electron chi connectivity index (χ4n) is 1.81. The number of aryl methyl sites for hydroxylation is 3. The van der Waals surface area contributed by atoms with Crippen molar-refractivity contribution in [3.63, 3.8) is 0 Å². The molecule has 0 fully saturated rings. The summed E-state index contributed by atoms with van der Waals surface area (Å²) >= 11 is 1.44. The molecule has 4 nitrogen and oxygen atoms in total. The van der Waals surface area contributed by atoms with Crippen molar-refractivity contribution in [1.29, 1.82) is 0 Å². The highest BCUT2D eigenvalue weighted by molar-refractivity contribution is 7.15. The summed E-state index contributed by atoms with van der Waals surface area (Å²) in [5.41, 5.74) is 3.68. The molecule has 0 unspecified atom stereocenters. The number of carboxylic acid groups (broad SMARTS) is 1. The van der Waals surface area contributed by atoms with Crippen LogP contribution in [0.3, 0.4) is 0 Å². The van der Waals surface area contributed by atoms with Gasteiger partial charge in [0.2, 0.25) is 0 Å². The highest BCUT2D eigenvalue weighted by atomic mass is 32.1. The Labute approximate surface area is 109 Å². The third-order valence-corrected chi connectivity index (χ3v) is 3.74. The molecule has 0 aromatic carbocycles. The number of carbonyl (C=O) groups is 1. The van der Waals surface area contributed by atoms with Gasteiger partial charge in [-0.2, -0.15) is 0 Å². The van der Waals surface area contributed by atoms with Crippen LogP contribution >= 0.6 is 11.3 Å². The molecule has 0 aliphatic rings. The summed E-state index contributed by atoms with van der Waals surface area (Å²) in [7, 11) is 0. The molecular formula is C13H14N2O2S. The normalized spacial score (nSPS) is 10.6. The van der Waals surface area contributed by atoms with E-state index in [4.69, 9.17) is 5.11 Å². The third kappa shape index (κ3) is 2.73. The average Bonchev–Trinajstić information content (AvgIpc) is 2.58. The first-order valence-corrected chi connectivity index (χ1v) is 6.41. The van der Waals surface area contributed by atoms with E-state index in [2.05, 4.69) is 9.97 Å². The molecule has 2 aromatic heterocycles. The topological polar surface area (TPSA) is 63.1 Å². The van der Waals surface area contributed by atoms with E-state index in [1.165, 1.54) is 11.3 Å². The van der Waals surface area contributed by atoms with E-state index in [0.29, 0.717) is 0 Å². The number of hydrogen-bond donors (Lipinski definition) is 1. The van der Waals surface area contributed by atoms with Crippen LogP contribution in [0.2, 0.25) is 0 Å². The number of nitrogens with zero attached hydrogens (tertiary/aromatic N) is 2. The van der Waals surface area contributed by atoms with Crippen LogP contribution in [0.25, 0.3) is 10.6 Å². The Hall–Kier alpha value is -1.75. The van der Waals surface area contributed by atoms with Crippen molar-refractivity contribution in [2.45, 2.75) is 27.2 Å². The van der Waals surface area contributed by atoms with Crippen LogP contribution in [0.5, 0.6) is 0 Å². The molecule has 0 spiro atoms. The number of rotatable bonds is 3. The first-order chi connectivity index (χ1) is 8.45. The SMILES string of the molecule is Cc1cc(-c2nc(C)c(CC(=O)O)s2)cc(C)n1. The van der Waals surface area contributed by atoms with E-state index in [1.807, 2.05) is 32.9 Å². The summed E-state index contributed by atoms with van der Waals surface area (Å²) in [6.45, 7) is 5.73. The van der Waals surface area contributed by atoms with E-state index in [-0.39, 0.29) is 6.42 Å². The molecule has 2 aromatic rings. The number of thiazole rings is 1. The van der Waals surface area contributed by atoms with E-state index in [1.54, 1.807) is 0 Å². The Kier molecular flexibility index (Phi) is 3.43. The lowest BCUT2D eigenvalue weighted by Gasteiger charge is -2.00. The molecule has 0 aliphatic heterocycles. The number of aromatic nitrogens is 2. The van der Waals surface area contributed by atoms with Crippen LogP contribution in [0, 0.1) is 20.8 Å². The van der Waals surface area contributed by atoms with Gasteiger partial charge in [0.25, 0.3) is 0 Å². The summed E-state index contributed by atoms with van der Waals surface area (Å²) in [6, 6.07) is 3.94. The van der Waals surface area contributed by atoms with Gasteiger partial charge in [-0.25, -0.2) is 4.98 Å². The van der Waals surface area contributed by atoms with E-state index < -0.39 is 5.97 Å². The van der Waals surface area contributed by atoms with Gasteiger partial charge in [0.15, 0.2) is 0 Å². The molecule has 2 rings (SSSR count). The molecule has 0 saturated carbocycles. The minimum atomic E-state index is -0.824. The second-order valence-electron chi connectivity index (χ2n) is 4.24. The zero-order valence-electron chi connectivity index (χ0n) is 10.5. The standard InChI is InChI=1S/C13H14N2O2S/c1-7-4-10(5-8(2)14-7)13-15-9(3)11(18-13)6-12(16)17/h4-5H,6H2,1-3H3,(H,16,17). The van der Waals surface area contributed by atoms with Gasteiger partial charge in [0.1, 0.15) is 5.01 Å². The summed E-state index contributed by atoms with van der Waals surface area (Å²) in [4.78, 5) is 20.3. The molecule has 0 bridgehead atoms. The second kappa shape index (κ2) is 4.86. The van der Waals surface area contributed by atoms with Crippen molar-refractivity contribution in [2.24, 2.45) is 0 Å². The molecule has 1 N–H and O–H groups in total. The zero-order chi connectivity index (χ0) is 13.3. The highest BCUT2D eigenvalue weighted by Crippen LogP contribution is 2.28. The molecule has 0 aliphatic carbocycles. The van der Waals surface area contributed by atoms with Gasteiger partial charge in [0.05, 0.1) is 12.1 Å². The van der Waals surface area contributed by atoms with Crippen molar-refractivity contribution in [3.8, 4) is 10.6 Å². The minimum absolute atomic E-state index is 0.0343. The van der Waals surface area contributed by atoms with E-state index in [0.717, 1.165) is 32.5 Å². The average molecular weight is 262 g/mol. The van der Waals surface area contributed by atoms with Gasteiger partial charge in [-0.3, -0.25) is 9.78 Å². The predicted octanol–water partition coefficient (Wildman–Crippen LogP) is 2.76. The van der Waals surface area contributed by atoms with Gasteiger partial charge in [0, 0.05) is 21.8 Å². The number of aliphatic carboxylic acids is 1. The maximum atomic E-state index is 10.7. The summed E-state index contributed by atoms with van der Waals surface area (Å²) in [6.07, 6.45) is 0.0343. The minimum Gasteiger partial charge on any atom is -0.481 e. The van der Waals surface area contributed by atoms with Crippen LogP contribution in [0.15, 0.2) is 12.1 Å². The van der Waals surface area contributed by atoms with Crippen LogP contribution in [-0.2, 0) is 11.2 Å². The predicted molar refractivity (Wildman–Crippen MR) is 70.9 cm³/mol. The Balaban J connectivity index is 2.42. The van der Waals surface area contributed by atoms with Crippen molar-refractivity contribution in [3.05, 3.63) is 34.1 Å². The maximum Gasteiger partial charge on any atom is 0.308 e. The zero-order valence-corrected chi connectivity index (χ0v) is 11.3. The summed E-state index contributed by atoms with van der Waals surface area (Å²) < 4.78 is 0. The van der Waals surface area contributed by atoms with Crippen molar-refractivity contribution in [1.82, 2.24) is 9.97 Å². The molecule has 0 saturated heterocycles. The molecular weight excluding hydrogens is 248 g/mol. The summed E-state index contributed by atoms with van der Waals surface area (Å²) in [5.74, 6) is -0.824.